The minimum atomic E-state index is -0.152. The first-order valence-electron chi connectivity index (χ1n) is 8.72. The highest BCUT2D eigenvalue weighted by molar-refractivity contribution is 5.92. The molecule has 1 unspecified atom stereocenters. The Labute approximate surface area is 147 Å². The minimum Gasteiger partial charge on any atom is -0.351 e. The van der Waals surface area contributed by atoms with Crippen molar-refractivity contribution in [1.82, 2.24) is 20.4 Å². The Bertz CT molecular complexity index is 729. The van der Waals surface area contributed by atoms with Crippen LogP contribution in [-0.4, -0.2) is 33.7 Å². The maximum atomic E-state index is 12.1. The molecule has 0 fully saturated rings. The molecule has 0 aliphatic carbocycles. The molecular formula is C19H24N4O2. The van der Waals surface area contributed by atoms with Crippen LogP contribution >= 0.6 is 0 Å². The number of aromatic nitrogens is 2. The van der Waals surface area contributed by atoms with Crippen molar-refractivity contribution in [2.24, 2.45) is 0 Å². The quantitative estimate of drug-likeness (QED) is 0.840. The number of rotatable bonds is 6. The molecule has 1 aromatic carbocycles. The van der Waals surface area contributed by atoms with Gasteiger partial charge in [-0.1, -0.05) is 30.3 Å². The summed E-state index contributed by atoms with van der Waals surface area (Å²) >= 11 is 0. The number of fused-ring (bicyclic) bond motifs is 1. The summed E-state index contributed by atoms with van der Waals surface area (Å²) in [5.41, 5.74) is 2.60. The van der Waals surface area contributed by atoms with E-state index in [0.29, 0.717) is 25.1 Å². The first-order chi connectivity index (χ1) is 12.0. The molecule has 1 aliphatic heterocycles. The van der Waals surface area contributed by atoms with E-state index in [4.69, 9.17) is 0 Å². The molecule has 2 aromatic rings. The smallest absolute Gasteiger partial charge is 0.271 e. The number of aryl methyl sites for hydroxylation is 1. The number of hydrogen-bond donors (Lipinski definition) is 2. The van der Waals surface area contributed by atoms with Crippen LogP contribution in [0.15, 0.2) is 36.4 Å². The van der Waals surface area contributed by atoms with E-state index in [1.165, 1.54) is 0 Å². The number of carbonyl (C=O) groups excluding carboxylic acids is 2. The van der Waals surface area contributed by atoms with Gasteiger partial charge in [-0.15, -0.1) is 0 Å². The lowest BCUT2D eigenvalue weighted by molar-refractivity contribution is -0.121. The van der Waals surface area contributed by atoms with Crippen molar-refractivity contribution in [3.05, 3.63) is 53.3 Å². The van der Waals surface area contributed by atoms with Gasteiger partial charge in [-0.25, -0.2) is 0 Å². The fourth-order valence-electron chi connectivity index (χ4n) is 3.05. The van der Waals surface area contributed by atoms with Gasteiger partial charge >= 0.3 is 0 Å². The SMILES string of the molecule is CC(C)NC(=O)c1cc2n(n1)CC(NC(=O)CCc1ccccc1)C2. The highest BCUT2D eigenvalue weighted by Gasteiger charge is 2.26. The summed E-state index contributed by atoms with van der Waals surface area (Å²) in [5.74, 6) is -0.0993. The normalized spacial score (nSPS) is 15.9. The summed E-state index contributed by atoms with van der Waals surface area (Å²) in [6, 6.07) is 11.9. The molecule has 6 heteroatoms. The van der Waals surface area contributed by atoms with Crippen LogP contribution in [0.5, 0.6) is 0 Å². The highest BCUT2D eigenvalue weighted by atomic mass is 16.2. The van der Waals surface area contributed by atoms with Crippen LogP contribution in [0.2, 0.25) is 0 Å². The Morgan fingerprint density at radius 3 is 2.72 bits per heavy atom. The number of nitrogens with zero attached hydrogens (tertiary/aromatic N) is 2. The molecular weight excluding hydrogens is 316 g/mol. The molecule has 2 amide bonds. The minimum absolute atomic E-state index is 0.0491. The zero-order valence-electron chi connectivity index (χ0n) is 14.7. The second-order valence-corrected chi connectivity index (χ2v) is 6.79. The van der Waals surface area contributed by atoms with Gasteiger partial charge in [0, 0.05) is 24.6 Å². The first kappa shape index (κ1) is 17.2. The van der Waals surface area contributed by atoms with Crippen molar-refractivity contribution in [2.75, 3.05) is 0 Å². The zero-order chi connectivity index (χ0) is 17.8. The van der Waals surface area contributed by atoms with Crippen LogP contribution in [0, 0.1) is 0 Å². The molecule has 2 heterocycles. The van der Waals surface area contributed by atoms with Gasteiger partial charge < -0.3 is 10.6 Å². The fraction of sp³-hybridized carbons (Fsp3) is 0.421. The monoisotopic (exact) mass is 340 g/mol. The molecule has 2 N–H and O–H groups in total. The van der Waals surface area contributed by atoms with Gasteiger partial charge in [0.05, 0.1) is 12.6 Å². The lowest BCUT2D eigenvalue weighted by Gasteiger charge is -2.12. The lowest BCUT2D eigenvalue weighted by Crippen LogP contribution is -2.36. The van der Waals surface area contributed by atoms with Gasteiger partial charge in [0.15, 0.2) is 0 Å². The maximum absolute atomic E-state index is 12.1. The van der Waals surface area contributed by atoms with Crippen LogP contribution in [0.4, 0.5) is 0 Å². The molecule has 25 heavy (non-hydrogen) atoms. The molecule has 0 saturated carbocycles. The van der Waals surface area contributed by atoms with E-state index < -0.39 is 0 Å². The van der Waals surface area contributed by atoms with Crippen molar-refractivity contribution in [3.8, 4) is 0 Å². The zero-order valence-corrected chi connectivity index (χ0v) is 14.7. The van der Waals surface area contributed by atoms with E-state index in [0.717, 1.165) is 17.7 Å². The maximum Gasteiger partial charge on any atom is 0.271 e. The molecule has 0 saturated heterocycles. The second kappa shape index (κ2) is 7.51. The fourth-order valence-corrected chi connectivity index (χ4v) is 3.05. The Morgan fingerprint density at radius 1 is 1.28 bits per heavy atom. The Balaban J connectivity index is 1.48. The van der Waals surface area contributed by atoms with E-state index in [1.54, 1.807) is 0 Å². The second-order valence-electron chi connectivity index (χ2n) is 6.79. The van der Waals surface area contributed by atoms with Gasteiger partial charge in [0.25, 0.3) is 5.91 Å². The third-order valence-electron chi connectivity index (χ3n) is 4.21. The summed E-state index contributed by atoms with van der Waals surface area (Å²) in [4.78, 5) is 24.1. The van der Waals surface area contributed by atoms with E-state index in [2.05, 4.69) is 15.7 Å². The molecule has 0 radical (unpaired) electrons. The van der Waals surface area contributed by atoms with E-state index in [-0.39, 0.29) is 23.9 Å². The number of nitrogens with one attached hydrogen (secondary N) is 2. The number of benzene rings is 1. The van der Waals surface area contributed by atoms with Gasteiger partial charge in [0.2, 0.25) is 5.91 Å². The van der Waals surface area contributed by atoms with Crippen molar-refractivity contribution in [2.45, 2.75) is 51.7 Å². The highest BCUT2D eigenvalue weighted by Crippen LogP contribution is 2.16. The van der Waals surface area contributed by atoms with Crippen molar-refractivity contribution < 1.29 is 9.59 Å². The summed E-state index contributed by atoms with van der Waals surface area (Å²) in [7, 11) is 0. The number of hydrogen-bond acceptors (Lipinski definition) is 3. The molecule has 0 spiro atoms. The Morgan fingerprint density at radius 2 is 2.04 bits per heavy atom. The largest absolute Gasteiger partial charge is 0.351 e. The molecule has 3 rings (SSSR count). The van der Waals surface area contributed by atoms with Gasteiger partial charge in [-0.2, -0.15) is 5.10 Å². The van der Waals surface area contributed by atoms with Crippen LogP contribution < -0.4 is 10.6 Å². The molecule has 0 bridgehead atoms. The predicted molar refractivity (Wildman–Crippen MR) is 95.2 cm³/mol. The molecule has 132 valence electrons. The molecule has 1 aliphatic rings. The summed E-state index contributed by atoms with van der Waals surface area (Å²) in [6.07, 6.45) is 1.92. The average molecular weight is 340 g/mol. The van der Waals surface area contributed by atoms with Crippen molar-refractivity contribution in [3.63, 3.8) is 0 Å². The van der Waals surface area contributed by atoms with Gasteiger partial charge in [-0.05, 0) is 31.9 Å². The predicted octanol–water partition coefficient (Wildman–Crippen LogP) is 1.69. The first-order valence-corrected chi connectivity index (χ1v) is 8.72. The topological polar surface area (TPSA) is 76.0 Å². The van der Waals surface area contributed by atoms with Gasteiger partial charge in [-0.3, -0.25) is 14.3 Å². The average Bonchev–Trinajstić information content (AvgIpc) is 3.11. The van der Waals surface area contributed by atoms with Crippen LogP contribution in [0.3, 0.4) is 0 Å². The lowest BCUT2D eigenvalue weighted by atomic mass is 10.1. The summed E-state index contributed by atoms with van der Waals surface area (Å²) in [5, 5.41) is 10.2. The standard InChI is InChI=1S/C19H24N4O2/c1-13(2)20-19(25)17-11-16-10-15(12-23(16)22-17)21-18(24)9-8-14-6-4-3-5-7-14/h3-7,11,13,15H,8-10,12H2,1-2H3,(H,20,25)(H,21,24). The Hall–Kier alpha value is -2.63. The molecule has 1 aromatic heterocycles. The molecule has 6 nitrogen and oxygen atoms in total. The van der Waals surface area contributed by atoms with Crippen molar-refractivity contribution in [1.29, 1.82) is 0 Å². The third kappa shape index (κ3) is 4.47. The van der Waals surface area contributed by atoms with E-state index in [9.17, 15) is 9.59 Å². The Kier molecular flexibility index (Phi) is 5.16. The summed E-state index contributed by atoms with van der Waals surface area (Å²) in [6.45, 7) is 4.45. The van der Waals surface area contributed by atoms with E-state index in [1.807, 2.05) is 54.9 Å². The molecule has 1 atom stereocenters. The van der Waals surface area contributed by atoms with E-state index >= 15 is 0 Å². The summed E-state index contributed by atoms with van der Waals surface area (Å²) < 4.78 is 1.82. The number of carbonyl (C=O) groups is 2. The third-order valence-corrected chi connectivity index (χ3v) is 4.21. The van der Waals surface area contributed by atoms with Gasteiger partial charge in [0.1, 0.15) is 5.69 Å². The van der Waals surface area contributed by atoms with Crippen LogP contribution in [0.1, 0.15) is 42.0 Å². The van der Waals surface area contributed by atoms with Crippen molar-refractivity contribution >= 4 is 11.8 Å². The number of amides is 2. The van der Waals surface area contributed by atoms with Crippen LogP contribution in [-0.2, 0) is 24.2 Å². The van der Waals surface area contributed by atoms with Crippen LogP contribution in [0.25, 0.3) is 0 Å².